The minimum absolute atomic E-state index is 0.0420. The predicted octanol–water partition coefficient (Wildman–Crippen LogP) is 3.21. The lowest BCUT2D eigenvalue weighted by atomic mass is 9.95. The highest BCUT2D eigenvalue weighted by Crippen LogP contribution is 2.37. The number of benzene rings is 2. The molecule has 1 fully saturated rings. The maximum absolute atomic E-state index is 14.6. The Morgan fingerprint density at radius 1 is 1.14 bits per heavy atom. The van der Waals surface area contributed by atoms with Crippen molar-refractivity contribution in [2.75, 3.05) is 31.1 Å². The van der Waals surface area contributed by atoms with Crippen molar-refractivity contribution in [2.45, 2.75) is 6.42 Å². The first-order valence-corrected chi connectivity index (χ1v) is 11.4. The number of nitrogens with one attached hydrogen (secondary N) is 1. The van der Waals surface area contributed by atoms with E-state index in [1.807, 2.05) is 36.2 Å². The summed E-state index contributed by atoms with van der Waals surface area (Å²) in [6.07, 6.45) is 2.65. The molecule has 176 valence electrons. The lowest BCUT2D eigenvalue weighted by molar-refractivity contribution is 0.100. The highest BCUT2D eigenvalue weighted by molar-refractivity contribution is 6.01. The zero-order chi connectivity index (χ0) is 24.5. The molecule has 3 N–H and O–H groups in total. The first-order valence-electron chi connectivity index (χ1n) is 11.4. The van der Waals surface area contributed by atoms with Crippen LogP contribution in [-0.4, -0.2) is 46.9 Å². The largest absolute Gasteiger partial charge is 0.365 e. The molecular weight excluding hydrogens is 445 g/mol. The van der Waals surface area contributed by atoms with E-state index in [4.69, 9.17) is 10.7 Å². The van der Waals surface area contributed by atoms with Crippen LogP contribution in [0.1, 0.15) is 22.3 Å². The SMILES string of the molecule is Cn1ncc2cc(-c3cc(C(N)=O)c(N4CCCNCC4)nc3-c3ccc(C#N)c(F)c3)ccc21. The first kappa shape index (κ1) is 22.5. The lowest BCUT2D eigenvalue weighted by Gasteiger charge is -2.25. The van der Waals surface area contributed by atoms with Crippen molar-refractivity contribution in [3.63, 3.8) is 0 Å². The highest BCUT2D eigenvalue weighted by Gasteiger charge is 2.23. The highest BCUT2D eigenvalue weighted by atomic mass is 19.1. The van der Waals surface area contributed by atoms with Gasteiger partial charge < -0.3 is 16.0 Å². The Kier molecular flexibility index (Phi) is 5.89. The summed E-state index contributed by atoms with van der Waals surface area (Å²) in [5, 5.41) is 17.7. The van der Waals surface area contributed by atoms with Gasteiger partial charge in [-0.1, -0.05) is 12.1 Å². The molecule has 1 amide bonds. The molecule has 2 aromatic heterocycles. The van der Waals surface area contributed by atoms with E-state index in [0.717, 1.165) is 36.0 Å². The monoisotopic (exact) mass is 469 g/mol. The summed E-state index contributed by atoms with van der Waals surface area (Å²) < 4.78 is 16.4. The molecule has 5 rings (SSSR count). The van der Waals surface area contributed by atoms with Gasteiger partial charge in [0.05, 0.1) is 28.5 Å². The Labute approximate surface area is 201 Å². The second-order valence-corrected chi connectivity index (χ2v) is 8.56. The van der Waals surface area contributed by atoms with Crippen LogP contribution in [0.25, 0.3) is 33.3 Å². The standard InChI is InChI=1S/C26H24FN7O/c1-33-23-6-5-16(11-19(23)15-31-33)20-13-21(25(29)35)26(34-9-2-7-30-8-10-34)32-24(20)17-3-4-18(14-28)22(27)12-17/h3-6,11-13,15,30H,2,7-10H2,1H3,(H2,29,35). The zero-order valence-electron chi connectivity index (χ0n) is 19.3. The van der Waals surface area contributed by atoms with Crippen molar-refractivity contribution in [3.8, 4) is 28.5 Å². The number of fused-ring (bicyclic) bond motifs is 1. The molecular formula is C26H24FN7O. The van der Waals surface area contributed by atoms with E-state index < -0.39 is 11.7 Å². The number of hydrogen-bond acceptors (Lipinski definition) is 6. The van der Waals surface area contributed by atoms with Crippen LogP contribution in [0.5, 0.6) is 0 Å². The van der Waals surface area contributed by atoms with Crippen LogP contribution in [0.4, 0.5) is 10.2 Å². The van der Waals surface area contributed by atoms with Gasteiger partial charge in [0.1, 0.15) is 17.7 Å². The summed E-state index contributed by atoms with van der Waals surface area (Å²) >= 11 is 0. The maximum atomic E-state index is 14.6. The van der Waals surface area contributed by atoms with Gasteiger partial charge in [-0.2, -0.15) is 10.4 Å². The van der Waals surface area contributed by atoms with Gasteiger partial charge in [0.15, 0.2) is 0 Å². The molecule has 3 heterocycles. The molecule has 0 atom stereocenters. The fraction of sp³-hybridized carbons (Fsp3) is 0.231. The average molecular weight is 470 g/mol. The number of aromatic nitrogens is 3. The molecule has 0 aliphatic carbocycles. The molecule has 9 heteroatoms. The van der Waals surface area contributed by atoms with Crippen LogP contribution in [0.2, 0.25) is 0 Å². The van der Waals surface area contributed by atoms with Crippen molar-refractivity contribution in [3.05, 3.63) is 65.6 Å². The zero-order valence-corrected chi connectivity index (χ0v) is 19.3. The molecule has 1 saturated heterocycles. The number of aryl methyl sites for hydroxylation is 1. The summed E-state index contributed by atoms with van der Waals surface area (Å²) in [4.78, 5) is 19.5. The van der Waals surface area contributed by atoms with Crippen LogP contribution >= 0.6 is 0 Å². The Morgan fingerprint density at radius 3 is 2.74 bits per heavy atom. The second kappa shape index (κ2) is 9.16. The van der Waals surface area contributed by atoms with Crippen LogP contribution < -0.4 is 16.0 Å². The van der Waals surface area contributed by atoms with Gasteiger partial charge in [0.2, 0.25) is 0 Å². The van der Waals surface area contributed by atoms with E-state index in [-0.39, 0.29) is 5.56 Å². The Bertz CT molecular complexity index is 1480. The third-order valence-corrected chi connectivity index (χ3v) is 6.33. The molecule has 4 aromatic rings. The van der Waals surface area contributed by atoms with Crippen molar-refractivity contribution in [2.24, 2.45) is 12.8 Å². The number of anilines is 1. The quantitative estimate of drug-likeness (QED) is 0.475. The summed E-state index contributed by atoms with van der Waals surface area (Å²) in [6.45, 7) is 3.00. The molecule has 0 spiro atoms. The maximum Gasteiger partial charge on any atom is 0.252 e. The Balaban J connectivity index is 1.76. The predicted molar refractivity (Wildman–Crippen MR) is 132 cm³/mol. The van der Waals surface area contributed by atoms with Gasteiger partial charge in [-0.05, 0) is 48.9 Å². The van der Waals surface area contributed by atoms with Crippen molar-refractivity contribution < 1.29 is 9.18 Å². The number of carbonyl (C=O) groups excluding carboxylic acids is 1. The van der Waals surface area contributed by atoms with Gasteiger partial charge >= 0.3 is 0 Å². The van der Waals surface area contributed by atoms with E-state index in [1.54, 1.807) is 23.0 Å². The number of primary amides is 1. The smallest absolute Gasteiger partial charge is 0.252 e. The molecule has 2 aromatic carbocycles. The lowest BCUT2D eigenvalue weighted by Crippen LogP contribution is -2.31. The summed E-state index contributed by atoms with van der Waals surface area (Å²) in [7, 11) is 1.87. The number of amides is 1. The molecule has 35 heavy (non-hydrogen) atoms. The number of nitrogens with two attached hydrogens (primary N) is 1. The number of rotatable bonds is 4. The van der Waals surface area contributed by atoms with Gasteiger partial charge in [0.25, 0.3) is 5.91 Å². The normalized spacial score (nSPS) is 14.0. The van der Waals surface area contributed by atoms with Gasteiger partial charge in [-0.15, -0.1) is 0 Å². The first-order chi connectivity index (χ1) is 17.0. The van der Waals surface area contributed by atoms with E-state index in [0.29, 0.717) is 41.3 Å². The van der Waals surface area contributed by atoms with Gasteiger partial charge in [-0.25, -0.2) is 9.37 Å². The second-order valence-electron chi connectivity index (χ2n) is 8.56. The number of hydrogen-bond donors (Lipinski definition) is 2. The molecule has 0 unspecified atom stereocenters. The molecule has 0 saturated carbocycles. The van der Waals surface area contributed by atoms with Gasteiger partial charge in [0, 0.05) is 43.2 Å². The van der Waals surface area contributed by atoms with E-state index in [9.17, 15) is 14.4 Å². The Morgan fingerprint density at radius 2 is 1.97 bits per heavy atom. The minimum atomic E-state index is -0.625. The average Bonchev–Trinajstić information content (AvgIpc) is 3.05. The minimum Gasteiger partial charge on any atom is -0.365 e. The number of pyridine rings is 1. The summed E-state index contributed by atoms with van der Waals surface area (Å²) in [5.41, 5.74) is 9.50. The molecule has 1 aliphatic rings. The number of nitriles is 1. The fourth-order valence-corrected chi connectivity index (χ4v) is 4.51. The summed E-state index contributed by atoms with van der Waals surface area (Å²) in [6, 6.07) is 13.9. The van der Waals surface area contributed by atoms with Crippen molar-refractivity contribution in [1.82, 2.24) is 20.1 Å². The number of carbonyl (C=O) groups is 1. The third-order valence-electron chi connectivity index (χ3n) is 6.33. The number of halogens is 1. The molecule has 1 aliphatic heterocycles. The third kappa shape index (κ3) is 4.20. The fourth-order valence-electron chi connectivity index (χ4n) is 4.51. The van der Waals surface area contributed by atoms with E-state index >= 15 is 0 Å². The van der Waals surface area contributed by atoms with E-state index in [2.05, 4.69) is 10.4 Å². The summed E-state index contributed by atoms with van der Waals surface area (Å²) in [5.74, 6) is -0.724. The van der Waals surface area contributed by atoms with Crippen LogP contribution in [0.3, 0.4) is 0 Å². The van der Waals surface area contributed by atoms with Crippen LogP contribution in [0.15, 0.2) is 48.7 Å². The Hall–Kier alpha value is -4.29. The molecule has 0 radical (unpaired) electrons. The molecule has 8 nitrogen and oxygen atoms in total. The topological polar surface area (TPSA) is 113 Å². The molecule has 0 bridgehead atoms. The van der Waals surface area contributed by atoms with Gasteiger partial charge in [-0.3, -0.25) is 9.48 Å². The van der Waals surface area contributed by atoms with Crippen LogP contribution in [0, 0.1) is 17.1 Å². The van der Waals surface area contributed by atoms with Crippen molar-refractivity contribution in [1.29, 1.82) is 5.26 Å². The van der Waals surface area contributed by atoms with Crippen molar-refractivity contribution >= 4 is 22.6 Å². The van der Waals surface area contributed by atoms with E-state index in [1.165, 1.54) is 12.1 Å². The van der Waals surface area contributed by atoms with Crippen LogP contribution in [-0.2, 0) is 7.05 Å². The number of nitrogens with zero attached hydrogens (tertiary/aromatic N) is 5.